The molecule has 0 radical (unpaired) electrons. The van der Waals surface area contributed by atoms with Crippen LogP contribution < -0.4 is 21.3 Å². The summed E-state index contributed by atoms with van der Waals surface area (Å²) in [4.78, 5) is 55.5. The Bertz CT molecular complexity index is 1080. The lowest BCUT2D eigenvalue weighted by molar-refractivity contribution is -0.129. The molecule has 10 nitrogen and oxygen atoms in total. The highest BCUT2D eigenvalue weighted by Crippen LogP contribution is 2.24. The zero-order valence-electron chi connectivity index (χ0n) is 21.2. The Balaban J connectivity index is 1.84. The van der Waals surface area contributed by atoms with E-state index in [2.05, 4.69) is 26.3 Å². The summed E-state index contributed by atoms with van der Waals surface area (Å²) >= 11 is 0. The van der Waals surface area contributed by atoms with Gasteiger partial charge in [0, 0.05) is 6.54 Å². The zero-order chi connectivity index (χ0) is 26.2. The smallest absolute Gasteiger partial charge is 0.274 e. The minimum Gasteiger partial charge on any atom is -0.443 e. The summed E-state index contributed by atoms with van der Waals surface area (Å²) in [5.41, 5.74) is 0.908. The molecule has 1 aromatic carbocycles. The molecule has 0 fully saturated rings. The molecule has 1 aliphatic rings. The molecule has 2 bridgehead atoms. The van der Waals surface area contributed by atoms with Crippen molar-refractivity contribution in [2.45, 2.75) is 71.5 Å². The van der Waals surface area contributed by atoms with Crippen LogP contribution in [0.5, 0.6) is 0 Å². The van der Waals surface area contributed by atoms with Crippen molar-refractivity contribution in [2.75, 3.05) is 6.54 Å². The first-order valence-corrected chi connectivity index (χ1v) is 12.3. The number of hydrogen-bond donors (Lipinski definition) is 4. The maximum absolute atomic E-state index is 13.3. The van der Waals surface area contributed by atoms with Crippen LogP contribution in [0.4, 0.5) is 0 Å². The van der Waals surface area contributed by atoms with Gasteiger partial charge in [0.1, 0.15) is 23.9 Å². The van der Waals surface area contributed by atoms with Gasteiger partial charge in [0.25, 0.3) is 5.91 Å². The lowest BCUT2D eigenvalue weighted by Gasteiger charge is -2.24. The highest BCUT2D eigenvalue weighted by Gasteiger charge is 2.30. The fourth-order valence-electron chi connectivity index (χ4n) is 3.99. The van der Waals surface area contributed by atoms with Gasteiger partial charge in [-0.2, -0.15) is 0 Å². The number of hydrogen-bond acceptors (Lipinski definition) is 6. The molecule has 194 valence electrons. The van der Waals surface area contributed by atoms with Gasteiger partial charge in [-0.05, 0) is 44.6 Å². The molecule has 0 saturated carbocycles. The molecule has 0 spiro atoms. The van der Waals surface area contributed by atoms with Crippen LogP contribution >= 0.6 is 0 Å². The first-order valence-electron chi connectivity index (χ1n) is 12.3. The third-order valence-corrected chi connectivity index (χ3v) is 6.08. The number of benzene rings is 1. The normalized spacial score (nSPS) is 21.9. The molecular weight excluding hydrogens is 462 g/mol. The second kappa shape index (κ2) is 12.3. The molecule has 3 rings (SSSR count). The van der Waals surface area contributed by atoms with Gasteiger partial charge in [-0.25, -0.2) is 4.98 Å². The molecule has 36 heavy (non-hydrogen) atoms. The minimum atomic E-state index is -0.774. The molecule has 2 heterocycles. The van der Waals surface area contributed by atoms with E-state index in [1.165, 1.54) is 0 Å². The van der Waals surface area contributed by atoms with Crippen molar-refractivity contribution in [1.29, 1.82) is 0 Å². The number of amides is 4. The lowest BCUT2D eigenvalue weighted by atomic mass is 10.0. The van der Waals surface area contributed by atoms with Gasteiger partial charge in [-0.1, -0.05) is 44.2 Å². The lowest BCUT2D eigenvalue weighted by Crippen LogP contribution is -2.49. The number of aryl methyl sites for hydroxylation is 1. The zero-order valence-corrected chi connectivity index (χ0v) is 21.2. The SMILES string of the molecule is Cc1oc2nc1C(=O)N[C@H](C)C(=O)NCCCC[C@H](NC(=O)Cc1ccccc1)C(=O)N[C@H]2C(C)C. The molecule has 0 aliphatic carbocycles. The van der Waals surface area contributed by atoms with Gasteiger partial charge in [0.15, 0.2) is 5.69 Å². The van der Waals surface area contributed by atoms with Crippen molar-refractivity contribution >= 4 is 23.6 Å². The molecule has 1 aliphatic heterocycles. The maximum atomic E-state index is 13.3. The first-order chi connectivity index (χ1) is 17.2. The molecule has 4 N–H and O–H groups in total. The van der Waals surface area contributed by atoms with Crippen LogP contribution in [0.15, 0.2) is 34.7 Å². The van der Waals surface area contributed by atoms with Crippen molar-refractivity contribution in [3.05, 3.63) is 53.2 Å². The van der Waals surface area contributed by atoms with E-state index in [1.807, 2.05) is 44.2 Å². The van der Waals surface area contributed by atoms with E-state index in [-0.39, 0.29) is 47.4 Å². The van der Waals surface area contributed by atoms with Gasteiger partial charge >= 0.3 is 0 Å². The third kappa shape index (κ3) is 7.16. The fourth-order valence-corrected chi connectivity index (χ4v) is 3.99. The number of oxazole rings is 1. The summed E-state index contributed by atoms with van der Waals surface area (Å²) in [6.07, 6.45) is 1.76. The summed E-state index contributed by atoms with van der Waals surface area (Å²) in [5, 5.41) is 11.2. The van der Waals surface area contributed by atoms with Crippen LogP contribution in [0.3, 0.4) is 0 Å². The van der Waals surface area contributed by atoms with Gasteiger partial charge in [-0.15, -0.1) is 0 Å². The number of nitrogens with zero attached hydrogens (tertiary/aromatic N) is 1. The molecule has 0 saturated heterocycles. The van der Waals surface area contributed by atoms with Gasteiger partial charge < -0.3 is 25.7 Å². The summed E-state index contributed by atoms with van der Waals surface area (Å²) < 4.78 is 5.77. The monoisotopic (exact) mass is 497 g/mol. The number of aromatic nitrogens is 1. The number of carbonyl (C=O) groups is 4. The van der Waals surface area contributed by atoms with E-state index < -0.39 is 24.0 Å². The standard InChI is InChI=1S/C26H35N5O5/c1-15(2)21-26-31-22(17(4)36-26)25(35)28-16(3)23(33)27-13-9-8-12-19(24(34)30-21)29-20(32)14-18-10-6-5-7-11-18/h5-7,10-11,15-16,19,21H,8-9,12-14H2,1-4H3,(H,27,33)(H,28,35)(H,29,32)(H,30,34)/t16-,19+,21+/m1/s1. The van der Waals surface area contributed by atoms with Crippen LogP contribution in [0.25, 0.3) is 0 Å². The van der Waals surface area contributed by atoms with Crippen molar-refractivity contribution in [3.63, 3.8) is 0 Å². The van der Waals surface area contributed by atoms with E-state index in [0.29, 0.717) is 25.8 Å². The Morgan fingerprint density at radius 3 is 2.53 bits per heavy atom. The highest BCUT2D eigenvalue weighted by molar-refractivity contribution is 5.96. The van der Waals surface area contributed by atoms with Crippen LogP contribution in [-0.4, -0.2) is 47.2 Å². The molecule has 1 aromatic heterocycles. The van der Waals surface area contributed by atoms with Gasteiger partial charge in [-0.3, -0.25) is 19.2 Å². The Morgan fingerprint density at radius 2 is 1.83 bits per heavy atom. The van der Waals surface area contributed by atoms with Gasteiger partial charge in [0.2, 0.25) is 23.6 Å². The Labute approximate surface area is 211 Å². The van der Waals surface area contributed by atoms with E-state index in [0.717, 1.165) is 5.56 Å². The van der Waals surface area contributed by atoms with Crippen LogP contribution in [-0.2, 0) is 20.8 Å². The third-order valence-electron chi connectivity index (χ3n) is 6.08. The molecule has 0 unspecified atom stereocenters. The number of fused-ring (bicyclic) bond motifs is 2. The average molecular weight is 498 g/mol. The first kappa shape index (κ1) is 26.9. The molecule has 10 heteroatoms. The molecule has 2 aromatic rings. The topological polar surface area (TPSA) is 142 Å². The van der Waals surface area contributed by atoms with Crippen molar-refractivity contribution in [1.82, 2.24) is 26.3 Å². The number of nitrogens with one attached hydrogen (secondary N) is 4. The van der Waals surface area contributed by atoms with Crippen LogP contribution in [0.1, 0.15) is 73.8 Å². The summed E-state index contributed by atoms with van der Waals surface area (Å²) in [6, 6.07) is 7.17. The van der Waals surface area contributed by atoms with E-state index >= 15 is 0 Å². The van der Waals surface area contributed by atoms with E-state index in [4.69, 9.17) is 4.42 Å². The molecular formula is C26H35N5O5. The number of carbonyl (C=O) groups excluding carboxylic acids is 4. The Morgan fingerprint density at radius 1 is 1.11 bits per heavy atom. The summed E-state index contributed by atoms with van der Waals surface area (Å²) in [5.74, 6) is -1.09. The van der Waals surface area contributed by atoms with E-state index in [1.54, 1.807) is 13.8 Å². The molecule has 3 atom stereocenters. The summed E-state index contributed by atoms with van der Waals surface area (Å²) in [6.45, 7) is 7.39. The van der Waals surface area contributed by atoms with Crippen molar-refractivity contribution < 1.29 is 23.6 Å². The maximum Gasteiger partial charge on any atom is 0.274 e. The Hall–Kier alpha value is -3.69. The van der Waals surface area contributed by atoms with Crippen molar-refractivity contribution in [3.8, 4) is 0 Å². The van der Waals surface area contributed by atoms with E-state index in [9.17, 15) is 19.2 Å². The highest BCUT2D eigenvalue weighted by atomic mass is 16.4. The van der Waals surface area contributed by atoms with Gasteiger partial charge in [0.05, 0.1) is 6.42 Å². The van der Waals surface area contributed by atoms with Crippen LogP contribution in [0.2, 0.25) is 0 Å². The predicted molar refractivity (Wildman–Crippen MR) is 133 cm³/mol. The number of rotatable bonds is 4. The molecule has 4 amide bonds. The predicted octanol–water partition coefficient (Wildman–Crippen LogP) is 1.94. The van der Waals surface area contributed by atoms with Crippen LogP contribution in [0, 0.1) is 12.8 Å². The Kier molecular flexibility index (Phi) is 9.21. The quantitative estimate of drug-likeness (QED) is 0.509. The average Bonchev–Trinajstić information content (AvgIpc) is 3.22. The fraction of sp³-hybridized carbons (Fsp3) is 0.500. The minimum absolute atomic E-state index is 0.0596. The van der Waals surface area contributed by atoms with Crippen molar-refractivity contribution in [2.24, 2.45) is 5.92 Å². The second-order valence-electron chi connectivity index (χ2n) is 9.45. The summed E-state index contributed by atoms with van der Waals surface area (Å²) in [7, 11) is 0. The second-order valence-corrected chi connectivity index (χ2v) is 9.45. The largest absolute Gasteiger partial charge is 0.443 e.